The van der Waals surface area contributed by atoms with Crippen molar-refractivity contribution in [3.8, 4) is 0 Å². The molecule has 0 N–H and O–H groups in total. The molecule has 0 aromatic rings. The molecule has 0 aromatic heterocycles. The third kappa shape index (κ3) is 5.51. The van der Waals surface area contributed by atoms with Crippen LogP contribution in [0.3, 0.4) is 0 Å². The van der Waals surface area contributed by atoms with E-state index in [0.717, 1.165) is 6.08 Å². The highest BCUT2D eigenvalue weighted by Crippen LogP contribution is 2.13. The second-order valence-corrected chi connectivity index (χ2v) is 3.05. The molecule has 17 heavy (non-hydrogen) atoms. The fourth-order valence-corrected chi connectivity index (χ4v) is 0.922. The van der Waals surface area contributed by atoms with Gasteiger partial charge in [-0.1, -0.05) is 25.3 Å². The minimum atomic E-state index is -0.627. The topological polar surface area (TPSA) is 52.6 Å². The number of carbonyl (C=O) groups is 2. The molecule has 0 aliphatic carbocycles. The molecule has 92 valence electrons. The van der Waals surface area contributed by atoms with E-state index in [-0.39, 0.29) is 24.4 Å². The van der Waals surface area contributed by atoms with E-state index < -0.39 is 11.9 Å². The number of ether oxygens (including phenoxy) is 2. The summed E-state index contributed by atoms with van der Waals surface area (Å²) in [5, 5.41) is 0. The average molecular weight is 236 g/mol. The molecule has 0 spiro atoms. The predicted octanol–water partition coefficient (Wildman–Crippen LogP) is 2.29. The molecule has 0 rings (SSSR count). The Hall–Kier alpha value is -2.10. The zero-order chi connectivity index (χ0) is 13.3. The van der Waals surface area contributed by atoms with E-state index in [9.17, 15) is 9.59 Å². The van der Waals surface area contributed by atoms with Gasteiger partial charge in [0.15, 0.2) is 0 Å². The summed E-state index contributed by atoms with van der Waals surface area (Å²) in [4.78, 5) is 22.6. The van der Waals surface area contributed by atoms with Crippen LogP contribution in [-0.2, 0) is 19.1 Å². The van der Waals surface area contributed by atoms with Gasteiger partial charge in [-0.25, -0.2) is 9.59 Å². The minimum absolute atomic E-state index is 0.104. The second-order valence-electron chi connectivity index (χ2n) is 3.05. The fraction of sp³-hybridized carbons (Fsp3) is 0.231. The summed E-state index contributed by atoms with van der Waals surface area (Å²) in [6, 6.07) is 0. The molecule has 0 unspecified atom stereocenters. The lowest BCUT2D eigenvalue weighted by Crippen LogP contribution is -2.11. The van der Waals surface area contributed by atoms with Crippen molar-refractivity contribution in [3.05, 3.63) is 49.3 Å². The summed E-state index contributed by atoms with van der Waals surface area (Å²) in [6.45, 7) is 11.8. The van der Waals surface area contributed by atoms with Gasteiger partial charge >= 0.3 is 11.9 Å². The standard InChI is InChI=1S/C13H16O4/c1-5-8-11(17-12(14)7-3)10(4)13(15)16-9-6-2/h5-7H,1-3,8-9H2,4H3. The van der Waals surface area contributed by atoms with Crippen LogP contribution in [0, 0.1) is 0 Å². The number of rotatable bonds is 7. The molecule has 0 amide bonds. The van der Waals surface area contributed by atoms with Gasteiger partial charge in [0.1, 0.15) is 12.4 Å². The smallest absolute Gasteiger partial charge is 0.337 e. The van der Waals surface area contributed by atoms with E-state index in [0.29, 0.717) is 0 Å². The summed E-state index contributed by atoms with van der Waals surface area (Å²) in [5.41, 5.74) is 0.224. The van der Waals surface area contributed by atoms with Gasteiger partial charge in [0.05, 0.1) is 5.57 Å². The van der Waals surface area contributed by atoms with E-state index in [1.165, 1.54) is 19.1 Å². The Morgan fingerprint density at radius 2 is 1.82 bits per heavy atom. The van der Waals surface area contributed by atoms with Crippen molar-refractivity contribution in [3.63, 3.8) is 0 Å². The lowest BCUT2D eigenvalue weighted by atomic mass is 10.2. The molecule has 4 heteroatoms. The molecular weight excluding hydrogens is 220 g/mol. The molecule has 0 heterocycles. The molecule has 0 fully saturated rings. The first-order valence-corrected chi connectivity index (χ1v) is 4.99. The number of allylic oxidation sites excluding steroid dienone is 1. The number of hydrogen-bond acceptors (Lipinski definition) is 4. The normalized spacial score (nSPS) is 10.9. The maximum atomic E-state index is 11.5. The molecule has 0 aliphatic heterocycles. The van der Waals surface area contributed by atoms with Crippen LogP contribution in [0.5, 0.6) is 0 Å². The first-order chi connectivity index (χ1) is 8.06. The third-order valence-electron chi connectivity index (χ3n) is 1.78. The Bertz CT molecular complexity index is 364. The van der Waals surface area contributed by atoms with Gasteiger partial charge in [-0.3, -0.25) is 0 Å². The van der Waals surface area contributed by atoms with Gasteiger partial charge in [0.25, 0.3) is 0 Å². The van der Waals surface area contributed by atoms with E-state index >= 15 is 0 Å². The Kier molecular flexibility index (Phi) is 7.10. The molecule has 4 nitrogen and oxygen atoms in total. The summed E-state index contributed by atoms with van der Waals surface area (Å²) in [7, 11) is 0. The molecule has 0 aromatic carbocycles. The maximum Gasteiger partial charge on any atom is 0.337 e. The highest BCUT2D eigenvalue weighted by molar-refractivity contribution is 5.89. The number of hydrogen-bond donors (Lipinski definition) is 0. The highest BCUT2D eigenvalue weighted by Gasteiger charge is 2.14. The van der Waals surface area contributed by atoms with Crippen molar-refractivity contribution < 1.29 is 19.1 Å². The van der Waals surface area contributed by atoms with Crippen LogP contribution >= 0.6 is 0 Å². The molecule has 0 bridgehead atoms. The van der Waals surface area contributed by atoms with Crippen LogP contribution in [0.15, 0.2) is 49.3 Å². The van der Waals surface area contributed by atoms with E-state index in [1.807, 2.05) is 0 Å². The largest absolute Gasteiger partial charge is 0.458 e. The van der Waals surface area contributed by atoms with Crippen LogP contribution in [0.2, 0.25) is 0 Å². The Morgan fingerprint density at radius 1 is 1.18 bits per heavy atom. The first kappa shape index (κ1) is 14.9. The lowest BCUT2D eigenvalue weighted by molar-refractivity contribution is -0.138. The SMILES string of the molecule is C=CCOC(=O)C(C)=C(CC=C)OC(=O)C=C. The van der Waals surface area contributed by atoms with Gasteiger partial charge in [0.2, 0.25) is 0 Å². The molecule has 0 atom stereocenters. The molecule has 0 aliphatic rings. The fourth-order valence-electron chi connectivity index (χ4n) is 0.922. The molecule has 0 saturated heterocycles. The minimum Gasteiger partial charge on any atom is -0.458 e. The Labute approximate surface area is 101 Å². The van der Waals surface area contributed by atoms with Crippen LogP contribution < -0.4 is 0 Å². The van der Waals surface area contributed by atoms with Crippen LogP contribution in [0.1, 0.15) is 13.3 Å². The van der Waals surface area contributed by atoms with Crippen molar-refractivity contribution >= 4 is 11.9 Å². The molecular formula is C13H16O4. The van der Waals surface area contributed by atoms with Crippen LogP contribution in [0.4, 0.5) is 0 Å². The van der Waals surface area contributed by atoms with Gasteiger partial charge in [-0.05, 0) is 6.92 Å². The van der Waals surface area contributed by atoms with Crippen LogP contribution in [-0.4, -0.2) is 18.5 Å². The van der Waals surface area contributed by atoms with Crippen molar-refractivity contribution in [2.24, 2.45) is 0 Å². The summed E-state index contributed by atoms with van der Waals surface area (Å²) in [6.07, 6.45) is 4.25. The Morgan fingerprint density at radius 3 is 2.29 bits per heavy atom. The zero-order valence-electron chi connectivity index (χ0n) is 9.90. The van der Waals surface area contributed by atoms with Crippen molar-refractivity contribution in [1.29, 1.82) is 0 Å². The zero-order valence-corrected chi connectivity index (χ0v) is 9.90. The van der Waals surface area contributed by atoms with E-state index in [1.54, 1.807) is 0 Å². The van der Waals surface area contributed by atoms with Crippen molar-refractivity contribution in [1.82, 2.24) is 0 Å². The summed E-state index contributed by atoms with van der Waals surface area (Å²) >= 11 is 0. The van der Waals surface area contributed by atoms with E-state index in [4.69, 9.17) is 9.47 Å². The molecule has 0 saturated carbocycles. The summed E-state index contributed by atoms with van der Waals surface area (Å²) in [5.74, 6) is -0.977. The first-order valence-electron chi connectivity index (χ1n) is 4.99. The van der Waals surface area contributed by atoms with Gasteiger partial charge < -0.3 is 9.47 Å². The van der Waals surface area contributed by atoms with E-state index in [2.05, 4.69) is 19.7 Å². The summed E-state index contributed by atoms with van der Waals surface area (Å²) < 4.78 is 9.76. The monoisotopic (exact) mass is 236 g/mol. The third-order valence-corrected chi connectivity index (χ3v) is 1.78. The van der Waals surface area contributed by atoms with Crippen molar-refractivity contribution in [2.45, 2.75) is 13.3 Å². The van der Waals surface area contributed by atoms with Crippen molar-refractivity contribution in [2.75, 3.05) is 6.61 Å². The predicted molar refractivity (Wildman–Crippen MR) is 65.0 cm³/mol. The van der Waals surface area contributed by atoms with Gasteiger partial charge in [-0.15, -0.1) is 6.58 Å². The molecule has 0 radical (unpaired) electrons. The lowest BCUT2D eigenvalue weighted by Gasteiger charge is -2.09. The second kappa shape index (κ2) is 8.10. The quantitative estimate of drug-likeness (QED) is 0.294. The van der Waals surface area contributed by atoms with Crippen LogP contribution in [0.25, 0.3) is 0 Å². The number of esters is 2. The maximum absolute atomic E-state index is 11.5. The van der Waals surface area contributed by atoms with Gasteiger partial charge in [0, 0.05) is 12.5 Å². The number of carbonyl (C=O) groups excluding carboxylic acids is 2. The Balaban J connectivity index is 4.88. The van der Waals surface area contributed by atoms with Gasteiger partial charge in [-0.2, -0.15) is 0 Å². The average Bonchev–Trinajstić information content (AvgIpc) is 2.34. The highest BCUT2D eigenvalue weighted by atomic mass is 16.5.